The topological polar surface area (TPSA) is 88.2 Å². The van der Waals surface area contributed by atoms with Crippen molar-refractivity contribution >= 4 is 40.8 Å². The molecule has 1 aromatic heterocycles. The molecule has 0 aliphatic rings. The number of hydrogen-bond donors (Lipinski definition) is 3. The van der Waals surface area contributed by atoms with Crippen LogP contribution >= 0.6 is 23.4 Å². The maximum absolute atomic E-state index is 10.6. The van der Waals surface area contributed by atoms with Gasteiger partial charge in [-0.05, 0) is 23.8 Å². The quantitative estimate of drug-likeness (QED) is 0.749. The van der Waals surface area contributed by atoms with Crippen molar-refractivity contribution < 1.29 is 9.90 Å². The van der Waals surface area contributed by atoms with Gasteiger partial charge >= 0.3 is 6.09 Å². The minimum absolute atomic E-state index is 0.500. The number of aromatic nitrogens is 1. The molecule has 7 heteroatoms. The van der Waals surface area contributed by atoms with E-state index in [2.05, 4.69) is 10.3 Å². The second-order valence-electron chi connectivity index (χ2n) is 3.97. The highest BCUT2D eigenvalue weighted by Gasteiger charge is 2.05. The van der Waals surface area contributed by atoms with Gasteiger partial charge in [-0.3, -0.25) is 5.32 Å². The van der Waals surface area contributed by atoms with Crippen molar-refractivity contribution in [3.05, 3.63) is 47.1 Å². The van der Waals surface area contributed by atoms with Crippen LogP contribution in [0, 0.1) is 0 Å². The molecule has 0 fully saturated rings. The summed E-state index contributed by atoms with van der Waals surface area (Å²) in [6, 6.07) is 8.82. The molecule has 1 heterocycles. The van der Waals surface area contributed by atoms with E-state index in [1.807, 2.05) is 6.07 Å². The number of pyridine rings is 1. The largest absolute Gasteiger partial charge is 0.465 e. The van der Waals surface area contributed by atoms with Gasteiger partial charge in [0.15, 0.2) is 0 Å². The summed E-state index contributed by atoms with van der Waals surface area (Å²) >= 11 is 7.25. The number of nitrogens with two attached hydrogens (primary N) is 1. The highest BCUT2D eigenvalue weighted by Crippen LogP contribution is 2.28. The molecule has 1 aromatic carbocycles. The van der Waals surface area contributed by atoms with E-state index < -0.39 is 6.09 Å². The van der Waals surface area contributed by atoms with Crippen LogP contribution in [0.3, 0.4) is 0 Å². The van der Waals surface area contributed by atoms with Crippen LogP contribution in [0.15, 0.2) is 41.6 Å². The van der Waals surface area contributed by atoms with Gasteiger partial charge in [0.1, 0.15) is 5.03 Å². The molecule has 0 saturated heterocycles. The zero-order valence-corrected chi connectivity index (χ0v) is 11.9. The Morgan fingerprint density at radius 1 is 1.45 bits per heavy atom. The summed E-state index contributed by atoms with van der Waals surface area (Å²) in [4.78, 5) is 14.7. The second kappa shape index (κ2) is 6.49. The minimum atomic E-state index is -1.08. The Morgan fingerprint density at radius 2 is 2.25 bits per heavy atom. The Hall–Kier alpha value is -1.92. The molecule has 104 valence electrons. The summed E-state index contributed by atoms with van der Waals surface area (Å²) in [5.41, 5.74) is 7.86. The molecule has 0 saturated carbocycles. The highest BCUT2D eigenvalue weighted by molar-refractivity contribution is 7.98. The Bertz CT molecular complexity index is 637. The highest BCUT2D eigenvalue weighted by atomic mass is 35.5. The monoisotopic (exact) mass is 309 g/mol. The molecule has 2 aromatic rings. The number of anilines is 2. The number of nitrogen functional groups attached to an aromatic ring is 1. The number of rotatable bonds is 4. The number of carboxylic acid groups (broad SMARTS) is 1. The number of halogens is 1. The van der Waals surface area contributed by atoms with Gasteiger partial charge in [0.2, 0.25) is 0 Å². The summed E-state index contributed by atoms with van der Waals surface area (Å²) in [6.45, 7) is 0. The van der Waals surface area contributed by atoms with Gasteiger partial charge in [-0.25, -0.2) is 9.78 Å². The molecule has 0 spiro atoms. The lowest BCUT2D eigenvalue weighted by Crippen LogP contribution is -2.07. The molecule has 4 N–H and O–H groups in total. The summed E-state index contributed by atoms with van der Waals surface area (Å²) in [6.07, 6.45) is 0.459. The van der Waals surface area contributed by atoms with Crippen LogP contribution < -0.4 is 11.1 Å². The molecular formula is C13H12ClN3O2S. The van der Waals surface area contributed by atoms with Crippen LogP contribution in [0.2, 0.25) is 5.02 Å². The van der Waals surface area contributed by atoms with Crippen molar-refractivity contribution in [2.75, 3.05) is 11.1 Å². The van der Waals surface area contributed by atoms with E-state index in [0.717, 1.165) is 5.56 Å². The summed E-state index contributed by atoms with van der Waals surface area (Å²) in [7, 11) is 0. The van der Waals surface area contributed by atoms with Crippen LogP contribution in [0.1, 0.15) is 5.56 Å². The summed E-state index contributed by atoms with van der Waals surface area (Å²) in [5.74, 6) is 0.633. The number of benzene rings is 1. The maximum Gasteiger partial charge on any atom is 0.409 e. The van der Waals surface area contributed by atoms with E-state index in [-0.39, 0.29) is 0 Å². The first kappa shape index (κ1) is 14.5. The molecule has 0 aliphatic heterocycles. The molecule has 0 radical (unpaired) electrons. The molecule has 0 bridgehead atoms. The average molecular weight is 310 g/mol. The Balaban J connectivity index is 2.05. The normalized spacial score (nSPS) is 10.2. The van der Waals surface area contributed by atoms with Crippen molar-refractivity contribution in [2.24, 2.45) is 0 Å². The summed E-state index contributed by atoms with van der Waals surface area (Å²) in [5, 5.41) is 12.2. The van der Waals surface area contributed by atoms with E-state index in [1.165, 1.54) is 11.8 Å². The van der Waals surface area contributed by atoms with Gasteiger partial charge in [0, 0.05) is 17.6 Å². The number of carbonyl (C=O) groups is 1. The van der Waals surface area contributed by atoms with E-state index in [9.17, 15) is 4.79 Å². The minimum Gasteiger partial charge on any atom is -0.465 e. The number of nitrogens with one attached hydrogen (secondary N) is 1. The molecule has 5 nitrogen and oxygen atoms in total. The lowest BCUT2D eigenvalue weighted by atomic mass is 10.2. The first-order valence-corrected chi connectivity index (χ1v) is 7.03. The van der Waals surface area contributed by atoms with Crippen molar-refractivity contribution in [3.8, 4) is 0 Å². The third kappa shape index (κ3) is 4.04. The SMILES string of the molecule is Nc1cc(Cl)cnc1SCc1cccc(NC(=O)O)c1. The van der Waals surface area contributed by atoms with Crippen LogP contribution in [-0.2, 0) is 5.75 Å². The van der Waals surface area contributed by atoms with Crippen molar-refractivity contribution in [1.82, 2.24) is 4.98 Å². The number of amides is 1. The van der Waals surface area contributed by atoms with E-state index >= 15 is 0 Å². The first-order chi connectivity index (χ1) is 9.54. The Morgan fingerprint density at radius 3 is 2.95 bits per heavy atom. The van der Waals surface area contributed by atoms with Crippen molar-refractivity contribution in [1.29, 1.82) is 0 Å². The standard InChI is InChI=1S/C13H12ClN3O2S/c14-9-5-11(15)12(16-6-9)20-7-8-2-1-3-10(4-8)17-13(18)19/h1-6,17H,7,15H2,(H,18,19). The summed E-state index contributed by atoms with van der Waals surface area (Å²) < 4.78 is 0. The third-order valence-electron chi connectivity index (χ3n) is 2.40. The lowest BCUT2D eigenvalue weighted by molar-refractivity contribution is 0.210. The van der Waals surface area contributed by atoms with Gasteiger partial charge in [0.25, 0.3) is 0 Å². The van der Waals surface area contributed by atoms with Crippen LogP contribution in [0.4, 0.5) is 16.2 Å². The van der Waals surface area contributed by atoms with Crippen molar-refractivity contribution in [2.45, 2.75) is 10.8 Å². The average Bonchev–Trinajstić information content (AvgIpc) is 2.37. The van der Waals surface area contributed by atoms with Gasteiger partial charge in [-0.15, -0.1) is 0 Å². The third-order valence-corrected chi connectivity index (χ3v) is 3.70. The first-order valence-electron chi connectivity index (χ1n) is 5.67. The molecule has 20 heavy (non-hydrogen) atoms. The molecule has 0 unspecified atom stereocenters. The zero-order valence-electron chi connectivity index (χ0n) is 10.3. The number of thioether (sulfide) groups is 1. The van der Waals surface area contributed by atoms with E-state index in [0.29, 0.717) is 27.2 Å². The fourth-order valence-corrected chi connectivity index (χ4v) is 2.58. The Kier molecular flexibility index (Phi) is 4.70. The second-order valence-corrected chi connectivity index (χ2v) is 5.37. The van der Waals surface area contributed by atoms with Gasteiger partial charge in [-0.2, -0.15) is 0 Å². The molecule has 0 atom stereocenters. The van der Waals surface area contributed by atoms with Crippen LogP contribution in [0.25, 0.3) is 0 Å². The molecule has 2 rings (SSSR count). The van der Waals surface area contributed by atoms with E-state index in [4.69, 9.17) is 22.4 Å². The molecular weight excluding hydrogens is 298 g/mol. The molecule has 0 aliphatic carbocycles. The van der Waals surface area contributed by atoms with E-state index in [1.54, 1.807) is 30.5 Å². The van der Waals surface area contributed by atoms with Gasteiger partial charge < -0.3 is 10.8 Å². The maximum atomic E-state index is 10.6. The van der Waals surface area contributed by atoms with Crippen LogP contribution in [0.5, 0.6) is 0 Å². The number of hydrogen-bond acceptors (Lipinski definition) is 4. The van der Waals surface area contributed by atoms with Crippen molar-refractivity contribution in [3.63, 3.8) is 0 Å². The smallest absolute Gasteiger partial charge is 0.409 e. The number of nitrogens with zero attached hydrogens (tertiary/aromatic N) is 1. The zero-order chi connectivity index (χ0) is 14.5. The van der Waals surface area contributed by atoms with Gasteiger partial charge in [0.05, 0.1) is 10.7 Å². The van der Waals surface area contributed by atoms with Gasteiger partial charge in [-0.1, -0.05) is 35.5 Å². The fraction of sp³-hybridized carbons (Fsp3) is 0.0769. The Labute approximate surface area is 125 Å². The predicted molar refractivity (Wildman–Crippen MR) is 81.3 cm³/mol. The van der Waals surface area contributed by atoms with Crippen LogP contribution in [-0.4, -0.2) is 16.2 Å². The lowest BCUT2D eigenvalue weighted by Gasteiger charge is -2.06. The predicted octanol–water partition coefficient (Wildman–Crippen LogP) is 3.70. The molecule has 1 amide bonds. The fourth-order valence-electron chi connectivity index (χ4n) is 1.58.